The van der Waals surface area contributed by atoms with E-state index in [0.717, 1.165) is 45.0 Å². The average Bonchev–Trinajstić information content (AvgIpc) is 3.12. The maximum Gasteiger partial charge on any atom is 0.212 e. The third-order valence-electron chi connectivity index (χ3n) is 7.84. The summed E-state index contributed by atoms with van der Waals surface area (Å²) in [6, 6.07) is 26.7. The molecule has 1 spiro atoms. The van der Waals surface area contributed by atoms with Crippen molar-refractivity contribution in [2.75, 3.05) is 31.8 Å². The highest BCUT2D eigenvalue weighted by Gasteiger charge is 2.58. The molecule has 0 radical (unpaired) electrons. The van der Waals surface area contributed by atoms with Gasteiger partial charge in [0.2, 0.25) is 5.72 Å². The van der Waals surface area contributed by atoms with E-state index in [0.29, 0.717) is 19.8 Å². The molecule has 2 aliphatic heterocycles. The predicted molar refractivity (Wildman–Crippen MR) is 153 cm³/mol. The Labute approximate surface area is 224 Å². The Balaban J connectivity index is 1.44. The van der Waals surface area contributed by atoms with Crippen molar-refractivity contribution in [3.05, 3.63) is 96.1 Å². The first-order valence-electron chi connectivity index (χ1n) is 13.2. The average molecular weight is 508 g/mol. The molecule has 4 aromatic rings. The standard InChI is InChI=1S/C33H33NO4/c1-5-36-30-22-31-26(25-16-15-24(35-4)21-27(25)30)17-18-33(38-31)32(2,3)28-13-9-10-14-29(28)34(33)19-20-37-23-11-7-6-8-12-23/h6-18,21-22H,5,19-20H2,1-4H3. The lowest BCUT2D eigenvalue weighted by atomic mass is 9.76. The lowest BCUT2D eigenvalue weighted by Gasteiger charge is -2.47. The zero-order valence-electron chi connectivity index (χ0n) is 22.4. The first-order chi connectivity index (χ1) is 18.5. The van der Waals surface area contributed by atoms with Crippen LogP contribution in [0.15, 0.2) is 84.9 Å². The van der Waals surface area contributed by atoms with Gasteiger partial charge < -0.3 is 23.8 Å². The Bertz CT molecular complexity index is 1510. The van der Waals surface area contributed by atoms with E-state index < -0.39 is 5.72 Å². The highest BCUT2D eigenvalue weighted by molar-refractivity contribution is 5.99. The molecule has 0 bridgehead atoms. The first kappa shape index (κ1) is 24.2. The van der Waals surface area contributed by atoms with Crippen LogP contribution in [0, 0.1) is 0 Å². The van der Waals surface area contributed by atoms with Gasteiger partial charge in [0.15, 0.2) is 0 Å². The van der Waals surface area contributed by atoms with Crippen molar-refractivity contribution < 1.29 is 18.9 Å². The largest absolute Gasteiger partial charge is 0.497 e. The number of rotatable bonds is 7. The van der Waals surface area contributed by atoms with Crippen molar-refractivity contribution in [1.82, 2.24) is 0 Å². The number of hydrogen-bond acceptors (Lipinski definition) is 5. The number of fused-ring (bicyclic) bond motifs is 4. The van der Waals surface area contributed by atoms with E-state index in [9.17, 15) is 0 Å². The molecule has 38 heavy (non-hydrogen) atoms. The number of anilines is 1. The van der Waals surface area contributed by atoms with Crippen molar-refractivity contribution in [3.8, 4) is 23.0 Å². The third-order valence-corrected chi connectivity index (χ3v) is 7.84. The zero-order valence-corrected chi connectivity index (χ0v) is 22.4. The molecule has 194 valence electrons. The summed E-state index contributed by atoms with van der Waals surface area (Å²) in [5, 5.41) is 2.08. The second-order valence-electron chi connectivity index (χ2n) is 10.2. The number of hydrogen-bond donors (Lipinski definition) is 0. The maximum atomic E-state index is 7.12. The van der Waals surface area contributed by atoms with Crippen LogP contribution in [-0.2, 0) is 5.41 Å². The number of ether oxygens (including phenoxy) is 4. The van der Waals surface area contributed by atoms with Crippen LogP contribution in [0.5, 0.6) is 23.0 Å². The highest BCUT2D eigenvalue weighted by Crippen LogP contribution is 2.56. The Kier molecular flexibility index (Phi) is 5.94. The summed E-state index contributed by atoms with van der Waals surface area (Å²) in [4.78, 5) is 2.35. The van der Waals surface area contributed by atoms with Gasteiger partial charge in [0.1, 0.15) is 29.6 Å². The van der Waals surface area contributed by atoms with Crippen LogP contribution in [0.4, 0.5) is 5.69 Å². The Hall–Kier alpha value is -4.12. The van der Waals surface area contributed by atoms with E-state index in [1.54, 1.807) is 7.11 Å². The first-order valence-corrected chi connectivity index (χ1v) is 13.2. The molecule has 5 nitrogen and oxygen atoms in total. The molecule has 1 unspecified atom stereocenters. The molecule has 5 heteroatoms. The minimum Gasteiger partial charge on any atom is -0.497 e. The smallest absolute Gasteiger partial charge is 0.212 e. The topological polar surface area (TPSA) is 40.2 Å². The predicted octanol–water partition coefficient (Wildman–Crippen LogP) is 7.23. The van der Waals surface area contributed by atoms with Gasteiger partial charge in [-0.05, 0) is 80.3 Å². The van der Waals surface area contributed by atoms with E-state index in [4.69, 9.17) is 18.9 Å². The van der Waals surface area contributed by atoms with Crippen molar-refractivity contribution in [2.45, 2.75) is 31.9 Å². The molecule has 4 aromatic carbocycles. The summed E-state index contributed by atoms with van der Waals surface area (Å²) >= 11 is 0. The molecule has 0 fully saturated rings. The van der Waals surface area contributed by atoms with Crippen LogP contribution in [0.2, 0.25) is 0 Å². The van der Waals surface area contributed by atoms with Gasteiger partial charge in [-0.1, -0.05) is 36.4 Å². The Morgan fingerprint density at radius 3 is 2.42 bits per heavy atom. The minimum atomic E-state index is -0.729. The van der Waals surface area contributed by atoms with Crippen LogP contribution in [-0.4, -0.2) is 32.6 Å². The van der Waals surface area contributed by atoms with Gasteiger partial charge >= 0.3 is 0 Å². The van der Waals surface area contributed by atoms with E-state index in [2.05, 4.69) is 61.2 Å². The second-order valence-corrected chi connectivity index (χ2v) is 10.2. The molecule has 0 N–H and O–H groups in total. The van der Waals surface area contributed by atoms with E-state index in [-0.39, 0.29) is 5.41 Å². The van der Waals surface area contributed by atoms with Gasteiger partial charge in [0, 0.05) is 22.7 Å². The quantitative estimate of drug-likeness (QED) is 0.264. The van der Waals surface area contributed by atoms with Crippen LogP contribution >= 0.6 is 0 Å². The molecule has 0 aromatic heterocycles. The molecule has 0 amide bonds. The molecule has 0 aliphatic carbocycles. The maximum absolute atomic E-state index is 7.12. The normalized spacial score (nSPS) is 18.7. The van der Waals surface area contributed by atoms with E-state index in [1.807, 2.05) is 55.5 Å². The summed E-state index contributed by atoms with van der Waals surface area (Å²) in [7, 11) is 1.68. The molecule has 0 saturated heterocycles. The fourth-order valence-corrected chi connectivity index (χ4v) is 5.91. The number of nitrogens with zero attached hydrogens (tertiary/aromatic N) is 1. The molecule has 0 saturated carbocycles. The van der Waals surface area contributed by atoms with Crippen molar-refractivity contribution >= 4 is 22.5 Å². The SMILES string of the molecule is CCOc1cc2c(c3ccc(OC)cc13)C=CC1(O2)N(CCOc2ccccc2)c2ccccc2C1(C)C. The molecular weight excluding hydrogens is 474 g/mol. The van der Waals surface area contributed by atoms with Gasteiger partial charge in [-0.15, -0.1) is 0 Å². The van der Waals surface area contributed by atoms with E-state index in [1.165, 1.54) is 5.56 Å². The van der Waals surface area contributed by atoms with Crippen LogP contribution in [0.25, 0.3) is 16.8 Å². The zero-order chi connectivity index (χ0) is 26.3. The van der Waals surface area contributed by atoms with Crippen molar-refractivity contribution in [1.29, 1.82) is 0 Å². The summed E-state index contributed by atoms with van der Waals surface area (Å²) in [5.74, 6) is 3.26. The van der Waals surface area contributed by atoms with E-state index >= 15 is 0 Å². The van der Waals surface area contributed by atoms with Gasteiger partial charge in [-0.2, -0.15) is 0 Å². The summed E-state index contributed by atoms with van der Waals surface area (Å²) < 4.78 is 24.8. The third kappa shape index (κ3) is 3.68. The lowest BCUT2D eigenvalue weighted by Crippen LogP contribution is -2.60. The second kappa shape index (κ2) is 9.32. The molecule has 1 atom stereocenters. The van der Waals surface area contributed by atoms with Gasteiger partial charge in [0.25, 0.3) is 0 Å². The van der Waals surface area contributed by atoms with Crippen molar-refractivity contribution in [3.63, 3.8) is 0 Å². The minimum absolute atomic E-state index is 0.328. The summed E-state index contributed by atoms with van der Waals surface area (Å²) in [6.07, 6.45) is 4.43. The van der Waals surface area contributed by atoms with Gasteiger partial charge in [-0.3, -0.25) is 0 Å². The van der Waals surface area contributed by atoms with Crippen LogP contribution in [0.1, 0.15) is 31.9 Å². The molecule has 2 aliphatic rings. The Morgan fingerprint density at radius 2 is 1.63 bits per heavy atom. The Morgan fingerprint density at radius 1 is 0.842 bits per heavy atom. The number of para-hydroxylation sites is 2. The summed E-state index contributed by atoms with van der Waals surface area (Å²) in [6.45, 7) is 8.27. The number of benzene rings is 4. The number of methoxy groups -OCH3 is 1. The molecule has 2 heterocycles. The fraction of sp³-hybridized carbons (Fsp3) is 0.273. The summed E-state index contributed by atoms with van der Waals surface area (Å²) in [5.41, 5.74) is 2.41. The monoisotopic (exact) mass is 507 g/mol. The van der Waals surface area contributed by atoms with Gasteiger partial charge in [-0.25, -0.2) is 0 Å². The molecular formula is C33H33NO4. The molecule has 6 rings (SSSR count). The lowest BCUT2D eigenvalue weighted by molar-refractivity contribution is 0.0511. The fourth-order valence-electron chi connectivity index (χ4n) is 5.91. The van der Waals surface area contributed by atoms with Crippen LogP contribution in [0.3, 0.4) is 0 Å². The highest BCUT2D eigenvalue weighted by atomic mass is 16.5. The van der Waals surface area contributed by atoms with Gasteiger partial charge in [0.05, 0.1) is 25.7 Å². The van der Waals surface area contributed by atoms with Crippen LogP contribution < -0.4 is 23.8 Å². The van der Waals surface area contributed by atoms with Crippen molar-refractivity contribution in [2.24, 2.45) is 0 Å².